The van der Waals surface area contributed by atoms with Crippen LogP contribution in [0.1, 0.15) is 18.1 Å². The van der Waals surface area contributed by atoms with E-state index in [-0.39, 0.29) is 5.91 Å². The van der Waals surface area contributed by atoms with Gasteiger partial charge in [0.1, 0.15) is 4.60 Å². The molecule has 2 aromatic carbocycles. The van der Waals surface area contributed by atoms with Gasteiger partial charge in [-0.05, 0) is 62.3 Å². The highest BCUT2D eigenvalue weighted by Crippen LogP contribution is 2.36. The molecule has 0 aliphatic carbocycles. The van der Waals surface area contributed by atoms with Gasteiger partial charge in [0.2, 0.25) is 5.91 Å². The van der Waals surface area contributed by atoms with E-state index in [1.807, 2.05) is 18.3 Å². The van der Waals surface area contributed by atoms with Gasteiger partial charge in [0, 0.05) is 17.4 Å². The zero-order valence-corrected chi connectivity index (χ0v) is 15.4. The first-order chi connectivity index (χ1) is 12.1. The monoisotopic (exact) mass is 392 g/mol. The van der Waals surface area contributed by atoms with E-state index in [2.05, 4.69) is 69.6 Å². The number of hydrogen-bond acceptors (Lipinski definition) is 2. The van der Waals surface area contributed by atoms with Crippen molar-refractivity contribution in [3.8, 4) is 22.3 Å². The largest absolute Gasteiger partial charge is 0.326 e. The third-order valence-corrected chi connectivity index (χ3v) is 5.06. The Morgan fingerprint density at radius 2 is 1.76 bits per heavy atom. The molecule has 1 N–H and O–H groups in total. The number of nitrogens with zero attached hydrogens (tertiary/aromatic N) is 1. The topological polar surface area (TPSA) is 42.0 Å². The quantitative estimate of drug-likeness (QED) is 0.619. The SMILES string of the molecule is CCc1cc2c(c(-c3ccc(-c4ccc(Br)nc4)cc3)c1)CC(=O)N2. The molecule has 2 heterocycles. The number of carbonyl (C=O) groups excluding carboxylic acids is 1. The van der Waals surface area contributed by atoms with E-state index in [0.29, 0.717) is 6.42 Å². The number of hydrogen-bond donors (Lipinski definition) is 1. The first-order valence-corrected chi connectivity index (χ1v) is 9.11. The Morgan fingerprint density at radius 1 is 1.04 bits per heavy atom. The van der Waals surface area contributed by atoms with Gasteiger partial charge >= 0.3 is 0 Å². The fraction of sp³-hybridized carbons (Fsp3) is 0.143. The Bertz CT molecular complexity index is 947. The van der Waals surface area contributed by atoms with E-state index in [0.717, 1.165) is 44.5 Å². The molecule has 0 spiro atoms. The van der Waals surface area contributed by atoms with E-state index in [4.69, 9.17) is 0 Å². The van der Waals surface area contributed by atoms with Crippen LogP contribution in [0, 0.1) is 0 Å². The maximum absolute atomic E-state index is 11.8. The third-order valence-electron chi connectivity index (χ3n) is 4.59. The zero-order valence-electron chi connectivity index (χ0n) is 13.8. The number of amides is 1. The molecular formula is C21H17BrN2O. The van der Waals surface area contributed by atoms with Crippen LogP contribution in [0.4, 0.5) is 5.69 Å². The second-order valence-corrected chi connectivity index (χ2v) is 7.01. The van der Waals surface area contributed by atoms with Crippen molar-refractivity contribution in [3.63, 3.8) is 0 Å². The van der Waals surface area contributed by atoms with Crippen LogP contribution in [0.2, 0.25) is 0 Å². The molecule has 0 atom stereocenters. The summed E-state index contributed by atoms with van der Waals surface area (Å²) in [5, 5.41) is 2.97. The number of benzene rings is 2. The van der Waals surface area contributed by atoms with Crippen LogP contribution in [0.3, 0.4) is 0 Å². The minimum absolute atomic E-state index is 0.0714. The van der Waals surface area contributed by atoms with Crippen molar-refractivity contribution < 1.29 is 4.79 Å². The van der Waals surface area contributed by atoms with Crippen LogP contribution >= 0.6 is 15.9 Å². The van der Waals surface area contributed by atoms with Gasteiger partial charge in [-0.25, -0.2) is 4.98 Å². The molecule has 4 heteroatoms. The number of aryl methyl sites for hydroxylation is 1. The smallest absolute Gasteiger partial charge is 0.228 e. The number of rotatable bonds is 3. The minimum Gasteiger partial charge on any atom is -0.326 e. The second kappa shape index (κ2) is 6.45. The minimum atomic E-state index is 0.0714. The molecule has 0 fully saturated rings. The average molecular weight is 393 g/mol. The van der Waals surface area contributed by atoms with Crippen molar-refractivity contribution in [2.45, 2.75) is 19.8 Å². The summed E-state index contributed by atoms with van der Waals surface area (Å²) < 4.78 is 0.831. The van der Waals surface area contributed by atoms with Crippen molar-refractivity contribution in [1.29, 1.82) is 0 Å². The van der Waals surface area contributed by atoms with Crippen LogP contribution in [0.5, 0.6) is 0 Å². The lowest BCUT2D eigenvalue weighted by Crippen LogP contribution is -2.03. The van der Waals surface area contributed by atoms with Crippen molar-refractivity contribution in [2.75, 3.05) is 5.32 Å². The number of halogens is 1. The van der Waals surface area contributed by atoms with Gasteiger partial charge in [0.05, 0.1) is 6.42 Å². The first-order valence-electron chi connectivity index (χ1n) is 8.32. The summed E-state index contributed by atoms with van der Waals surface area (Å²) in [6.07, 6.45) is 3.25. The molecule has 124 valence electrons. The number of fused-ring (bicyclic) bond motifs is 1. The molecule has 3 aromatic rings. The van der Waals surface area contributed by atoms with Gasteiger partial charge < -0.3 is 5.32 Å². The summed E-state index contributed by atoms with van der Waals surface area (Å²) in [4.78, 5) is 16.1. The normalized spacial score (nSPS) is 12.8. The lowest BCUT2D eigenvalue weighted by molar-refractivity contribution is -0.115. The van der Waals surface area contributed by atoms with E-state index in [1.165, 1.54) is 5.56 Å². The second-order valence-electron chi connectivity index (χ2n) is 6.19. The lowest BCUT2D eigenvalue weighted by Gasteiger charge is -2.11. The Morgan fingerprint density at radius 3 is 2.44 bits per heavy atom. The Labute approximate surface area is 155 Å². The highest BCUT2D eigenvalue weighted by atomic mass is 79.9. The van der Waals surface area contributed by atoms with Crippen molar-refractivity contribution in [3.05, 3.63) is 70.5 Å². The molecule has 3 nitrogen and oxygen atoms in total. The predicted molar refractivity (Wildman–Crippen MR) is 105 cm³/mol. The number of anilines is 1. The van der Waals surface area contributed by atoms with Crippen molar-refractivity contribution >= 4 is 27.5 Å². The van der Waals surface area contributed by atoms with Gasteiger partial charge in [-0.3, -0.25) is 4.79 Å². The number of carbonyl (C=O) groups is 1. The standard InChI is InChI=1S/C21H17BrN2O/c1-2-13-9-17(18-11-21(25)24-19(18)10-13)15-5-3-14(4-6-15)16-7-8-20(22)23-12-16/h3-10,12H,2,11H2,1H3,(H,24,25). The van der Waals surface area contributed by atoms with Gasteiger partial charge in [-0.2, -0.15) is 0 Å². The van der Waals surface area contributed by atoms with Crippen LogP contribution in [0.15, 0.2) is 59.3 Å². The molecule has 0 saturated heterocycles. The Kier molecular flexibility index (Phi) is 4.14. The summed E-state index contributed by atoms with van der Waals surface area (Å²) in [7, 11) is 0. The maximum atomic E-state index is 11.8. The van der Waals surface area contributed by atoms with E-state index in [9.17, 15) is 4.79 Å². The summed E-state index contributed by atoms with van der Waals surface area (Å²) in [5.41, 5.74) is 7.78. The lowest BCUT2D eigenvalue weighted by atomic mass is 9.93. The third kappa shape index (κ3) is 3.10. The van der Waals surface area contributed by atoms with Gasteiger partial charge in [-0.1, -0.05) is 43.3 Å². The fourth-order valence-electron chi connectivity index (χ4n) is 3.24. The zero-order chi connectivity index (χ0) is 17.4. The molecule has 25 heavy (non-hydrogen) atoms. The van der Waals surface area contributed by atoms with Crippen LogP contribution in [0.25, 0.3) is 22.3 Å². The van der Waals surface area contributed by atoms with Crippen LogP contribution in [-0.4, -0.2) is 10.9 Å². The van der Waals surface area contributed by atoms with Gasteiger partial charge in [0.25, 0.3) is 0 Å². The molecule has 1 aromatic heterocycles. The first kappa shape index (κ1) is 16.0. The Balaban J connectivity index is 1.75. The number of nitrogens with one attached hydrogen (secondary N) is 1. The van der Waals surface area contributed by atoms with E-state index in [1.54, 1.807) is 0 Å². The summed E-state index contributed by atoms with van der Waals surface area (Å²) >= 11 is 3.36. The summed E-state index contributed by atoms with van der Waals surface area (Å²) in [6.45, 7) is 2.13. The van der Waals surface area contributed by atoms with Gasteiger partial charge in [0.15, 0.2) is 0 Å². The highest BCUT2D eigenvalue weighted by Gasteiger charge is 2.22. The van der Waals surface area contributed by atoms with Crippen LogP contribution in [-0.2, 0) is 17.6 Å². The van der Waals surface area contributed by atoms with Crippen LogP contribution < -0.4 is 5.32 Å². The molecule has 0 saturated carbocycles. The maximum Gasteiger partial charge on any atom is 0.228 e. The fourth-order valence-corrected chi connectivity index (χ4v) is 3.47. The Hall–Kier alpha value is -2.46. The predicted octanol–water partition coefficient (Wildman–Crippen LogP) is 5.24. The molecule has 1 aliphatic rings. The summed E-state index contributed by atoms with van der Waals surface area (Å²) in [5.74, 6) is 0.0714. The molecule has 0 bridgehead atoms. The van der Waals surface area contributed by atoms with E-state index >= 15 is 0 Å². The molecular weight excluding hydrogens is 376 g/mol. The molecule has 4 rings (SSSR count). The van der Waals surface area contributed by atoms with Crippen molar-refractivity contribution in [1.82, 2.24) is 4.98 Å². The van der Waals surface area contributed by atoms with Gasteiger partial charge in [-0.15, -0.1) is 0 Å². The number of aromatic nitrogens is 1. The molecule has 1 aliphatic heterocycles. The molecule has 0 unspecified atom stereocenters. The van der Waals surface area contributed by atoms with E-state index < -0.39 is 0 Å². The number of pyridine rings is 1. The molecule has 1 amide bonds. The average Bonchev–Trinajstić information content (AvgIpc) is 3.01. The highest BCUT2D eigenvalue weighted by molar-refractivity contribution is 9.10. The van der Waals surface area contributed by atoms with Crippen molar-refractivity contribution in [2.24, 2.45) is 0 Å². The molecule has 0 radical (unpaired) electrons. The summed E-state index contributed by atoms with van der Waals surface area (Å²) in [6, 6.07) is 16.7.